The van der Waals surface area contributed by atoms with Gasteiger partial charge in [-0.15, -0.1) is 0 Å². The summed E-state index contributed by atoms with van der Waals surface area (Å²) in [6, 6.07) is 5.12. The Morgan fingerprint density at radius 1 is 1.19 bits per heavy atom. The molecule has 2 aromatic heterocycles. The smallest absolute Gasteiger partial charge is 0.245 e. The van der Waals surface area contributed by atoms with E-state index in [1.807, 2.05) is 17.0 Å². The van der Waals surface area contributed by atoms with Gasteiger partial charge in [-0.25, -0.2) is 9.97 Å². The third-order valence-electron chi connectivity index (χ3n) is 6.39. The van der Waals surface area contributed by atoms with Gasteiger partial charge >= 0.3 is 0 Å². The SMILES string of the molecule is CC1C(Nc2ncnc3[nH]ncc23)CCCN1C(=O)[C@H](Nc1cc(Cl)cc(Cl)c1)C1CC1. The summed E-state index contributed by atoms with van der Waals surface area (Å²) >= 11 is 12.3. The lowest BCUT2D eigenvalue weighted by atomic mass is 9.95. The van der Waals surface area contributed by atoms with Crippen molar-refractivity contribution in [2.24, 2.45) is 5.92 Å². The molecular weight excluding hydrogens is 449 g/mol. The summed E-state index contributed by atoms with van der Waals surface area (Å²) in [5, 5.41) is 15.8. The fourth-order valence-electron chi connectivity index (χ4n) is 4.51. The summed E-state index contributed by atoms with van der Waals surface area (Å²) in [6.07, 6.45) is 7.20. The van der Waals surface area contributed by atoms with Crippen molar-refractivity contribution in [3.05, 3.63) is 40.8 Å². The number of halogens is 2. The lowest BCUT2D eigenvalue weighted by Crippen LogP contribution is -2.56. The number of nitrogens with one attached hydrogen (secondary N) is 3. The Labute approximate surface area is 196 Å². The third-order valence-corrected chi connectivity index (χ3v) is 6.82. The number of anilines is 2. The van der Waals surface area contributed by atoms with Gasteiger partial charge in [0.1, 0.15) is 18.2 Å². The molecule has 1 aliphatic heterocycles. The minimum Gasteiger partial charge on any atom is -0.373 e. The summed E-state index contributed by atoms with van der Waals surface area (Å²) in [5.74, 6) is 1.19. The molecule has 0 spiro atoms. The van der Waals surface area contributed by atoms with Gasteiger partial charge in [-0.1, -0.05) is 23.2 Å². The lowest BCUT2D eigenvalue weighted by Gasteiger charge is -2.41. The summed E-state index contributed by atoms with van der Waals surface area (Å²) in [7, 11) is 0. The zero-order valence-corrected chi connectivity index (χ0v) is 19.2. The molecule has 0 bridgehead atoms. The maximum atomic E-state index is 13.7. The van der Waals surface area contributed by atoms with Crippen molar-refractivity contribution in [1.29, 1.82) is 0 Å². The van der Waals surface area contributed by atoms with Crippen LogP contribution in [0.4, 0.5) is 11.5 Å². The summed E-state index contributed by atoms with van der Waals surface area (Å²) in [6.45, 7) is 2.84. The number of hydrogen-bond acceptors (Lipinski definition) is 6. The van der Waals surface area contributed by atoms with Crippen LogP contribution in [0, 0.1) is 5.92 Å². The van der Waals surface area contributed by atoms with Crippen molar-refractivity contribution >= 4 is 51.6 Å². The maximum Gasteiger partial charge on any atom is 0.245 e. The first-order chi connectivity index (χ1) is 15.5. The highest BCUT2D eigenvalue weighted by atomic mass is 35.5. The van der Waals surface area contributed by atoms with Crippen molar-refractivity contribution in [3.8, 4) is 0 Å². The monoisotopic (exact) mass is 473 g/mol. The standard InChI is InChI=1S/C22H25Cl2N7O/c1-12-18(29-20-17-10-27-30-21(17)26-11-25-20)3-2-6-31(12)22(32)19(13-4-5-13)28-16-8-14(23)7-15(24)9-16/h7-13,18-19,28H,2-6H2,1H3,(H2,25,26,27,29,30)/t12?,18?,19-/m1/s1. The molecule has 8 nitrogen and oxygen atoms in total. The van der Waals surface area contributed by atoms with Crippen molar-refractivity contribution in [1.82, 2.24) is 25.1 Å². The summed E-state index contributed by atoms with van der Waals surface area (Å²) in [5.41, 5.74) is 1.47. The minimum absolute atomic E-state index is 0.0131. The van der Waals surface area contributed by atoms with Crippen LogP contribution in [0.25, 0.3) is 11.0 Å². The van der Waals surface area contributed by atoms with Crippen molar-refractivity contribution in [2.45, 2.75) is 50.7 Å². The van der Waals surface area contributed by atoms with E-state index in [4.69, 9.17) is 23.2 Å². The van der Waals surface area contributed by atoms with E-state index < -0.39 is 0 Å². The molecule has 1 aromatic carbocycles. The quantitative estimate of drug-likeness (QED) is 0.492. The molecule has 3 heterocycles. The topological polar surface area (TPSA) is 98.8 Å². The number of hydrogen-bond donors (Lipinski definition) is 3. The largest absolute Gasteiger partial charge is 0.373 e. The van der Waals surface area contributed by atoms with E-state index in [0.29, 0.717) is 21.6 Å². The Morgan fingerprint density at radius 3 is 2.72 bits per heavy atom. The maximum absolute atomic E-state index is 13.7. The number of nitrogens with zero attached hydrogens (tertiary/aromatic N) is 4. The predicted octanol–water partition coefficient (Wildman–Crippen LogP) is 4.34. The number of H-pyrrole nitrogens is 1. The number of aromatic amines is 1. The van der Waals surface area contributed by atoms with Gasteiger partial charge in [0.05, 0.1) is 11.6 Å². The van der Waals surface area contributed by atoms with E-state index >= 15 is 0 Å². The zero-order chi connectivity index (χ0) is 22.2. The molecule has 168 valence electrons. The fraction of sp³-hybridized carbons (Fsp3) is 0.455. The van der Waals surface area contributed by atoms with Gasteiger partial charge in [-0.05, 0) is 56.7 Å². The Morgan fingerprint density at radius 2 is 1.97 bits per heavy atom. The van der Waals surface area contributed by atoms with Crippen LogP contribution >= 0.6 is 23.2 Å². The van der Waals surface area contributed by atoms with E-state index in [2.05, 4.69) is 37.7 Å². The highest BCUT2D eigenvalue weighted by Gasteiger charge is 2.41. The number of carbonyl (C=O) groups excluding carboxylic acids is 1. The second-order valence-corrected chi connectivity index (χ2v) is 9.51. The molecule has 10 heteroatoms. The molecule has 1 saturated carbocycles. The molecule has 2 unspecified atom stereocenters. The molecule has 0 radical (unpaired) electrons. The van der Waals surface area contributed by atoms with Gasteiger partial charge in [0.25, 0.3) is 0 Å². The first-order valence-electron chi connectivity index (χ1n) is 10.9. The Bertz CT molecular complexity index is 1110. The van der Waals surface area contributed by atoms with E-state index in [0.717, 1.165) is 49.1 Å². The Hall–Kier alpha value is -2.58. The highest BCUT2D eigenvalue weighted by Crippen LogP contribution is 2.37. The van der Waals surface area contributed by atoms with Crippen LogP contribution in [-0.4, -0.2) is 55.6 Å². The van der Waals surface area contributed by atoms with E-state index in [-0.39, 0.29) is 24.0 Å². The van der Waals surface area contributed by atoms with Crippen LogP contribution in [0.5, 0.6) is 0 Å². The normalized spacial score (nSPS) is 22.0. The molecule has 5 rings (SSSR count). The third kappa shape index (κ3) is 4.34. The minimum atomic E-state index is -0.287. The number of aromatic nitrogens is 4. The first kappa shape index (κ1) is 21.3. The van der Waals surface area contributed by atoms with Gasteiger partial charge in [-0.3, -0.25) is 9.89 Å². The van der Waals surface area contributed by atoms with E-state index in [1.54, 1.807) is 12.3 Å². The molecule has 2 fully saturated rings. The van der Waals surface area contributed by atoms with Crippen LogP contribution in [-0.2, 0) is 4.79 Å². The van der Waals surface area contributed by atoms with Gasteiger partial charge in [0.15, 0.2) is 5.65 Å². The van der Waals surface area contributed by atoms with E-state index in [9.17, 15) is 4.79 Å². The van der Waals surface area contributed by atoms with Gasteiger partial charge in [-0.2, -0.15) is 5.10 Å². The summed E-state index contributed by atoms with van der Waals surface area (Å²) in [4.78, 5) is 24.3. The zero-order valence-electron chi connectivity index (χ0n) is 17.7. The second-order valence-electron chi connectivity index (χ2n) is 8.64. The second kappa shape index (κ2) is 8.75. The number of likely N-dealkylation sites (tertiary alicyclic amines) is 1. The van der Waals surface area contributed by atoms with Crippen LogP contribution in [0.3, 0.4) is 0 Å². The number of benzene rings is 1. The van der Waals surface area contributed by atoms with Crippen molar-refractivity contribution in [3.63, 3.8) is 0 Å². The molecule has 3 aromatic rings. The van der Waals surface area contributed by atoms with Crippen LogP contribution in [0.15, 0.2) is 30.7 Å². The molecule has 2 aliphatic rings. The van der Waals surface area contributed by atoms with Gasteiger partial charge in [0.2, 0.25) is 5.91 Å². The average Bonchev–Trinajstić information content (AvgIpc) is 3.48. The summed E-state index contributed by atoms with van der Waals surface area (Å²) < 4.78 is 0. The van der Waals surface area contributed by atoms with Crippen molar-refractivity contribution < 1.29 is 4.79 Å². The highest BCUT2D eigenvalue weighted by molar-refractivity contribution is 6.35. The predicted molar refractivity (Wildman–Crippen MR) is 126 cm³/mol. The van der Waals surface area contributed by atoms with Crippen LogP contribution < -0.4 is 10.6 Å². The van der Waals surface area contributed by atoms with Crippen LogP contribution in [0.2, 0.25) is 10.0 Å². The number of rotatable bonds is 6. The Kier molecular flexibility index (Phi) is 5.82. The van der Waals surface area contributed by atoms with Gasteiger partial charge < -0.3 is 15.5 Å². The van der Waals surface area contributed by atoms with Gasteiger partial charge in [0, 0.05) is 34.4 Å². The van der Waals surface area contributed by atoms with Crippen LogP contribution in [0.1, 0.15) is 32.6 Å². The fourth-order valence-corrected chi connectivity index (χ4v) is 5.04. The lowest BCUT2D eigenvalue weighted by molar-refractivity contribution is -0.136. The number of carbonyl (C=O) groups is 1. The number of fused-ring (bicyclic) bond motifs is 1. The molecule has 32 heavy (non-hydrogen) atoms. The average molecular weight is 474 g/mol. The molecule has 3 atom stereocenters. The molecule has 3 N–H and O–H groups in total. The van der Waals surface area contributed by atoms with E-state index in [1.165, 1.54) is 6.33 Å². The first-order valence-corrected chi connectivity index (χ1v) is 11.7. The number of piperidine rings is 1. The molecule has 1 aliphatic carbocycles. The molecular formula is C22H25Cl2N7O. The van der Waals surface area contributed by atoms with Crippen molar-refractivity contribution in [2.75, 3.05) is 17.2 Å². The molecule has 1 amide bonds. The Balaban J connectivity index is 1.33. The number of amides is 1. The molecule has 1 saturated heterocycles.